The summed E-state index contributed by atoms with van der Waals surface area (Å²) in [7, 11) is 0. The summed E-state index contributed by atoms with van der Waals surface area (Å²) in [5, 5.41) is 0. The molecule has 0 nitrogen and oxygen atoms in total. The van der Waals surface area contributed by atoms with E-state index in [2.05, 4.69) is 0 Å². The van der Waals surface area contributed by atoms with Crippen LogP contribution in [0.5, 0.6) is 0 Å². The average molecular weight is 15100 g/mol. The zero-order valence-electron chi connectivity index (χ0n) is 31.7. The van der Waals surface area contributed by atoms with Crippen molar-refractivity contribution in [2.75, 3.05) is 0 Å². The first-order valence-corrected chi connectivity index (χ1v) is 0. The van der Waals surface area contributed by atoms with Crippen molar-refractivity contribution in [3.8, 4) is 0 Å². The standard InChI is InChI=1S/95Tb. The maximum absolute atomic E-state index is 0. The van der Waals surface area contributed by atoms with E-state index in [4.69, 9.17) is 0 Å². The van der Waals surface area contributed by atoms with Crippen LogP contribution in [0.25, 0.3) is 0 Å². The van der Waals surface area contributed by atoms with E-state index in [1.807, 2.05) is 0 Å². The number of hydrogen-bond donors (Lipinski definition) is 0. The molecule has 0 saturated carbocycles. The van der Waals surface area contributed by atoms with Gasteiger partial charge in [-0.1, -0.05) is 0 Å². The van der Waals surface area contributed by atoms with Gasteiger partial charge in [-0.3, -0.25) is 0 Å². The van der Waals surface area contributed by atoms with E-state index in [1.54, 1.807) is 0 Å². The number of hydrogen-bond acceptors (Lipinski definition) is 0. The summed E-state index contributed by atoms with van der Waals surface area (Å²) >= 11 is 0. The van der Waals surface area contributed by atoms with E-state index >= 15 is 0 Å². The van der Waals surface area contributed by atoms with Gasteiger partial charge in [0.15, 0.2) is 0 Å². The monoisotopic (exact) mass is 15100 g/mol. The molecule has 95 heavy (non-hydrogen) atoms. The molecule has 855 valence electrons. The van der Waals surface area contributed by atoms with Crippen LogP contribution in [0.3, 0.4) is 0 Å². The second kappa shape index (κ2) is 671. The first-order valence-electron chi connectivity index (χ1n) is 0. The molecule has 0 bridgehead atoms. The average Bonchev–Trinajstić information content (AvgIpc) is 0. The third kappa shape index (κ3) is 664. The second-order valence-electron chi connectivity index (χ2n) is 0. The van der Waals surface area contributed by atoms with Crippen molar-refractivity contribution in [2.24, 2.45) is 0 Å². The Morgan fingerprint density at radius 3 is 0.0105 bits per heavy atom. The Hall–Kier alpha value is 122. The first-order chi connectivity index (χ1) is 0. The van der Waals surface area contributed by atoms with E-state index in [9.17, 15) is 0 Å². The van der Waals surface area contributed by atoms with Crippen LogP contribution in [-0.2, 0) is 0 Å². The summed E-state index contributed by atoms with van der Waals surface area (Å²) in [5.74, 6) is 0. The van der Waals surface area contributed by atoms with Crippen molar-refractivity contribution in [1.82, 2.24) is 0 Å². The molecule has 0 rings (SSSR count). The summed E-state index contributed by atoms with van der Waals surface area (Å²) in [5.41, 5.74) is 0. The van der Waals surface area contributed by atoms with Gasteiger partial charge in [-0.25, -0.2) is 0 Å². The molecule has 0 unspecified atom stereocenters. The quantitative estimate of drug-likeness (QED) is 0.321. The van der Waals surface area contributed by atoms with Gasteiger partial charge in [0, 0.05) is 3670 Å². The molecular formula is Tb95. The summed E-state index contributed by atoms with van der Waals surface area (Å²) in [6.07, 6.45) is 0. The third-order valence-corrected chi connectivity index (χ3v) is 0. The van der Waals surface area contributed by atoms with Crippen LogP contribution < -0.4 is 0 Å². The fraction of sp³-hybridized carbons (Fsp3) is 0. The van der Waals surface area contributed by atoms with Crippen LogP contribution in [0.4, 0.5) is 0 Å². The van der Waals surface area contributed by atoms with Crippen LogP contribution in [0.1, 0.15) is 0 Å². The molecule has 0 aromatic rings. The van der Waals surface area contributed by atoms with Crippen LogP contribution >= 0.6 is 0 Å². The van der Waals surface area contributed by atoms with Crippen molar-refractivity contribution in [1.29, 1.82) is 0 Å². The molecular weight excluding hydrogens is 15100 g/mol. The predicted octanol–water partition coefficient (Wildman–Crippen LogP) is 0. The van der Waals surface area contributed by atoms with Gasteiger partial charge in [0.05, 0.1) is 0 Å². The summed E-state index contributed by atoms with van der Waals surface area (Å²) < 4.78 is 0. The van der Waals surface area contributed by atoms with Crippen molar-refractivity contribution in [2.45, 2.75) is 0 Å². The molecule has 0 heterocycles. The summed E-state index contributed by atoms with van der Waals surface area (Å²) in [4.78, 5) is 0. The largest absolute Gasteiger partial charge is 0 e. The maximum Gasteiger partial charge on any atom is 0 e. The molecule has 0 aliphatic heterocycles. The van der Waals surface area contributed by atoms with E-state index < -0.39 is 0 Å². The molecule has 0 spiro atoms. The Labute approximate surface area is 3510 Å². The van der Waals surface area contributed by atoms with Crippen LogP contribution in [-0.4, -0.2) is 0 Å². The van der Waals surface area contributed by atoms with Gasteiger partial charge < -0.3 is 0 Å². The minimum Gasteiger partial charge on any atom is 0 e. The molecule has 95 heteroatoms. The Balaban J connectivity index is 0. The van der Waals surface area contributed by atoms with Gasteiger partial charge in [-0.2, -0.15) is 0 Å². The van der Waals surface area contributed by atoms with Crippen LogP contribution in [0.2, 0.25) is 0 Å². The summed E-state index contributed by atoms with van der Waals surface area (Å²) in [6, 6.07) is 0. The first kappa shape index (κ1) is 680. The second-order valence-corrected chi connectivity index (χ2v) is 0. The topological polar surface area (TPSA) is 0 Å². The van der Waals surface area contributed by atoms with Crippen molar-refractivity contribution < 1.29 is 3670 Å². The third-order valence-electron chi connectivity index (χ3n) is 0. The molecule has 0 atom stereocenters. The normalized spacial score (nSPS) is 0. The molecule has 0 amide bonds. The fourth-order valence-electron chi connectivity index (χ4n) is 0. The van der Waals surface area contributed by atoms with Crippen molar-refractivity contribution >= 4 is 0 Å². The van der Waals surface area contributed by atoms with Crippen molar-refractivity contribution in [3.05, 3.63) is 0 Å². The summed E-state index contributed by atoms with van der Waals surface area (Å²) in [6.45, 7) is 0. The zero-order chi connectivity index (χ0) is 0. The van der Waals surface area contributed by atoms with E-state index in [0.717, 1.165) is 0 Å². The molecule has 95 radical (unpaired) electrons. The molecule has 0 aliphatic carbocycles. The Kier molecular flexibility index (Phi) is 4800. The van der Waals surface area contributed by atoms with Crippen LogP contribution in [0, 0.1) is 3670 Å². The van der Waals surface area contributed by atoms with E-state index in [-0.39, 0.29) is 3670 Å². The Morgan fingerprint density at radius 2 is 0.0105 bits per heavy atom. The smallest absolute Gasteiger partial charge is 0 e. The van der Waals surface area contributed by atoms with Gasteiger partial charge >= 0.3 is 0 Å². The van der Waals surface area contributed by atoms with Gasteiger partial charge in [0.2, 0.25) is 0 Å². The SMILES string of the molecule is [Tb].[Tb].[Tb].[Tb].[Tb].[Tb].[Tb].[Tb].[Tb].[Tb].[Tb].[Tb].[Tb].[Tb].[Tb].[Tb].[Tb].[Tb].[Tb].[Tb].[Tb].[Tb].[Tb].[Tb].[Tb].[Tb].[Tb].[Tb].[Tb].[Tb].[Tb].[Tb].[Tb].[Tb].[Tb].[Tb].[Tb].[Tb].[Tb].[Tb].[Tb].[Tb].[Tb].[Tb].[Tb].[Tb].[Tb].[Tb].[Tb].[Tb].[Tb].[Tb].[Tb].[Tb].[Tb].[Tb].[Tb].[Tb].[Tb].[Tb].[Tb].[Tb].[Tb].[Tb].[Tb].[Tb].[Tb].[Tb].[Tb].[Tb].[Tb].[Tb].[Tb].[Tb].[Tb].[Tb].[Tb].[Tb].[Tb].[Tb].[Tb].[Tb].[Tb].[Tb].[Tb].[Tb].[Tb].[Tb].[Tb].[Tb].[Tb].[Tb].[Tb].[Tb].[Tb]. The molecule has 0 aromatic carbocycles. The van der Waals surface area contributed by atoms with Gasteiger partial charge in [0.25, 0.3) is 0 Å². The maximum atomic E-state index is 0. The molecule has 0 N–H and O–H groups in total. The van der Waals surface area contributed by atoms with Gasteiger partial charge in [-0.05, 0) is 0 Å². The molecule has 0 aliphatic rings. The van der Waals surface area contributed by atoms with Gasteiger partial charge in [-0.15, -0.1) is 0 Å². The Bertz CT molecular complexity index is 0. The number of rotatable bonds is 0. The molecule has 0 aromatic heterocycles. The predicted molar refractivity (Wildman–Crippen MR) is 0 cm³/mol. The minimum atomic E-state index is 0. The molecule has 0 saturated heterocycles. The zero-order valence-corrected chi connectivity index (χ0v) is 235. The van der Waals surface area contributed by atoms with E-state index in [1.165, 1.54) is 0 Å². The fourth-order valence-corrected chi connectivity index (χ4v) is 0. The van der Waals surface area contributed by atoms with E-state index in [0.29, 0.717) is 0 Å². The minimum absolute atomic E-state index is 0. The van der Waals surface area contributed by atoms with Gasteiger partial charge in [0.1, 0.15) is 0 Å². The molecule has 0 fully saturated rings. The van der Waals surface area contributed by atoms with Crippen molar-refractivity contribution in [3.63, 3.8) is 0 Å². The Morgan fingerprint density at radius 1 is 0.0105 bits per heavy atom. The van der Waals surface area contributed by atoms with Crippen LogP contribution in [0.15, 0.2) is 0 Å².